The van der Waals surface area contributed by atoms with Crippen LogP contribution in [0.2, 0.25) is 0 Å². The van der Waals surface area contributed by atoms with Crippen LogP contribution in [-0.4, -0.2) is 48.3 Å². The normalized spacial score (nSPS) is 17.8. The van der Waals surface area contributed by atoms with Crippen molar-refractivity contribution in [1.82, 2.24) is 4.90 Å². The van der Waals surface area contributed by atoms with Gasteiger partial charge in [-0.2, -0.15) is 0 Å². The number of carbonyl (C=O) groups is 1. The number of rotatable bonds is 3. The number of nitrogens with zero attached hydrogens (tertiary/aromatic N) is 1. The molecule has 1 aliphatic heterocycles. The van der Waals surface area contributed by atoms with Crippen molar-refractivity contribution in [2.24, 2.45) is 0 Å². The van der Waals surface area contributed by atoms with E-state index in [0.717, 1.165) is 11.1 Å². The van der Waals surface area contributed by atoms with E-state index in [2.05, 4.69) is 0 Å². The first-order valence-electron chi connectivity index (χ1n) is 7.04. The Bertz CT molecular complexity index is 492. The molecule has 0 bridgehead atoms. The summed E-state index contributed by atoms with van der Waals surface area (Å²) in [6.45, 7) is 5.37. The second kappa shape index (κ2) is 5.94. The summed E-state index contributed by atoms with van der Waals surface area (Å²) in [5, 5.41) is 10.5. The van der Waals surface area contributed by atoms with Crippen LogP contribution in [0.4, 0.5) is 0 Å². The Hall–Kier alpha value is -1.39. The Labute approximate surface area is 120 Å². The summed E-state index contributed by atoms with van der Waals surface area (Å²) in [7, 11) is 1.75. The summed E-state index contributed by atoms with van der Waals surface area (Å²) in [5.41, 5.74) is 1.92. The van der Waals surface area contributed by atoms with Gasteiger partial charge < -0.3 is 14.7 Å². The zero-order valence-electron chi connectivity index (χ0n) is 12.5. The Kier molecular flexibility index (Phi) is 4.45. The van der Waals surface area contributed by atoms with Crippen LogP contribution in [0.3, 0.4) is 0 Å². The molecule has 1 heterocycles. The van der Waals surface area contributed by atoms with Gasteiger partial charge in [0, 0.05) is 45.2 Å². The van der Waals surface area contributed by atoms with Crippen molar-refractivity contribution in [3.8, 4) is 0 Å². The number of aryl methyl sites for hydroxylation is 2. The number of amides is 1. The number of carbonyl (C=O) groups excluding carboxylic acids is 1. The van der Waals surface area contributed by atoms with E-state index >= 15 is 0 Å². The molecule has 20 heavy (non-hydrogen) atoms. The van der Waals surface area contributed by atoms with Crippen LogP contribution >= 0.6 is 0 Å². The van der Waals surface area contributed by atoms with Gasteiger partial charge in [0.05, 0.1) is 5.60 Å². The van der Waals surface area contributed by atoms with Crippen LogP contribution in [0.15, 0.2) is 18.2 Å². The molecular weight excluding hydrogens is 254 g/mol. The monoisotopic (exact) mass is 277 g/mol. The van der Waals surface area contributed by atoms with E-state index in [1.807, 2.05) is 32.0 Å². The van der Waals surface area contributed by atoms with E-state index in [1.54, 1.807) is 11.9 Å². The van der Waals surface area contributed by atoms with Gasteiger partial charge in [0.25, 0.3) is 5.91 Å². The third-order valence-corrected chi connectivity index (χ3v) is 3.93. The van der Waals surface area contributed by atoms with Crippen LogP contribution in [0.1, 0.15) is 34.3 Å². The highest BCUT2D eigenvalue weighted by molar-refractivity contribution is 5.95. The zero-order valence-corrected chi connectivity index (χ0v) is 12.5. The fourth-order valence-corrected chi connectivity index (χ4v) is 2.59. The van der Waals surface area contributed by atoms with Gasteiger partial charge >= 0.3 is 0 Å². The largest absolute Gasteiger partial charge is 0.388 e. The molecule has 0 saturated carbocycles. The summed E-state index contributed by atoms with van der Waals surface area (Å²) in [4.78, 5) is 14.1. The van der Waals surface area contributed by atoms with Gasteiger partial charge in [-0.25, -0.2) is 0 Å². The minimum absolute atomic E-state index is 0.0360. The standard InChI is InChI=1S/C16H23NO3/c1-12-4-5-13(2)14(10-12)15(18)17(3)11-16(19)6-8-20-9-7-16/h4-5,10,19H,6-9,11H2,1-3H3. The topological polar surface area (TPSA) is 49.8 Å². The number of ether oxygens (including phenoxy) is 1. The van der Waals surface area contributed by atoms with Gasteiger partial charge in [-0.3, -0.25) is 4.79 Å². The second-order valence-corrected chi connectivity index (χ2v) is 5.82. The number of benzene rings is 1. The Morgan fingerprint density at radius 1 is 1.35 bits per heavy atom. The summed E-state index contributed by atoms with van der Waals surface area (Å²) < 4.78 is 5.26. The van der Waals surface area contributed by atoms with Crippen LogP contribution in [-0.2, 0) is 4.74 Å². The van der Waals surface area contributed by atoms with E-state index < -0.39 is 5.60 Å². The van der Waals surface area contributed by atoms with Crippen molar-refractivity contribution >= 4 is 5.91 Å². The second-order valence-electron chi connectivity index (χ2n) is 5.82. The maximum Gasteiger partial charge on any atom is 0.253 e. The molecule has 4 heteroatoms. The maximum absolute atomic E-state index is 12.5. The average molecular weight is 277 g/mol. The minimum atomic E-state index is -0.819. The molecule has 110 valence electrons. The Morgan fingerprint density at radius 2 is 2.00 bits per heavy atom. The smallest absolute Gasteiger partial charge is 0.253 e. The summed E-state index contributed by atoms with van der Waals surface area (Å²) >= 11 is 0. The zero-order chi connectivity index (χ0) is 14.8. The quantitative estimate of drug-likeness (QED) is 0.918. The molecule has 1 N–H and O–H groups in total. The highest BCUT2D eigenvalue weighted by atomic mass is 16.5. The van der Waals surface area contributed by atoms with E-state index in [0.29, 0.717) is 38.2 Å². The lowest BCUT2D eigenvalue weighted by Gasteiger charge is -2.35. The van der Waals surface area contributed by atoms with E-state index in [4.69, 9.17) is 4.74 Å². The summed E-state index contributed by atoms with van der Waals surface area (Å²) in [6.07, 6.45) is 1.16. The van der Waals surface area contributed by atoms with Gasteiger partial charge in [-0.15, -0.1) is 0 Å². The molecule has 1 aromatic carbocycles. The number of likely N-dealkylation sites (N-methyl/N-ethyl adjacent to an activating group) is 1. The first-order chi connectivity index (χ1) is 9.41. The third-order valence-electron chi connectivity index (χ3n) is 3.93. The van der Waals surface area contributed by atoms with Gasteiger partial charge in [-0.05, 0) is 25.5 Å². The van der Waals surface area contributed by atoms with Crippen molar-refractivity contribution in [3.63, 3.8) is 0 Å². The highest BCUT2D eigenvalue weighted by Crippen LogP contribution is 2.22. The molecule has 0 unspecified atom stereocenters. The van der Waals surface area contributed by atoms with Crippen LogP contribution in [0, 0.1) is 13.8 Å². The Balaban J connectivity index is 2.10. The Morgan fingerprint density at radius 3 is 2.65 bits per heavy atom. The van der Waals surface area contributed by atoms with Gasteiger partial charge in [0.15, 0.2) is 0 Å². The van der Waals surface area contributed by atoms with Crippen molar-refractivity contribution in [2.45, 2.75) is 32.3 Å². The van der Waals surface area contributed by atoms with E-state index in [1.165, 1.54) is 0 Å². The number of hydrogen-bond donors (Lipinski definition) is 1. The number of aliphatic hydroxyl groups is 1. The van der Waals surface area contributed by atoms with Crippen molar-refractivity contribution < 1.29 is 14.6 Å². The van der Waals surface area contributed by atoms with Gasteiger partial charge in [0.2, 0.25) is 0 Å². The van der Waals surface area contributed by atoms with Crippen LogP contribution in [0.25, 0.3) is 0 Å². The molecule has 0 aromatic heterocycles. The van der Waals surface area contributed by atoms with E-state index in [-0.39, 0.29) is 5.91 Å². The lowest BCUT2D eigenvalue weighted by molar-refractivity contribution is -0.0734. The molecule has 1 amide bonds. The SMILES string of the molecule is Cc1ccc(C)c(C(=O)N(C)CC2(O)CCOCC2)c1. The van der Waals surface area contributed by atoms with Crippen LogP contribution in [0.5, 0.6) is 0 Å². The summed E-state index contributed by atoms with van der Waals surface area (Å²) in [5.74, 6) is -0.0360. The average Bonchev–Trinajstić information content (AvgIpc) is 2.41. The fourth-order valence-electron chi connectivity index (χ4n) is 2.59. The molecule has 0 atom stereocenters. The fraction of sp³-hybridized carbons (Fsp3) is 0.562. The van der Waals surface area contributed by atoms with Gasteiger partial charge in [0.1, 0.15) is 0 Å². The lowest BCUT2D eigenvalue weighted by Crippen LogP contribution is -2.47. The van der Waals surface area contributed by atoms with Crippen molar-refractivity contribution in [1.29, 1.82) is 0 Å². The molecule has 1 saturated heterocycles. The van der Waals surface area contributed by atoms with Crippen molar-refractivity contribution in [3.05, 3.63) is 34.9 Å². The van der Waals surface area contributed by atoms with Crippen molar-refractivity contribution in [2.75, 3.05) is 26.8 Å². The third kappa shape index (κ3) is 3.38. The predicted octanol–water partition coefficient (Wildman–Crippen LogP) is 1.92. The molecule has 1 aromatic rings. The minimum Gasteiger partial charge on any atom is -0.388 e. The lowest BCUT2D eigenvalue weighted by atomic mass is 9.93. The van der Waals surface area contributed by atoms with Crippen LogP contribution < -0.4 is 0 Å². The number of hydrogen-bond acceptors (Lipinski definition) is 3. The summed E-state index contributed by atoms with van der Waals surface area (Å²) in [6, 6.07) is 5.86. The molecule has 1 fully saturated rings. The molecule has 4 nitrogen and oxygen atoms in total. The maximum atomic E-state index is 12.5. The molecule has 1 aliphatic rings. The van der Waals surface area contributed by atoms with Gasteiger partial charge in [-0.1, -0.05) is 17.7 Å². The molecule has 0 aliphatic carbocycles. The molecule has 0 radical (unpaired) electrons. The predicted molar refractivity (Wildman–Crippen MR) is 77.9 cm³/mol. The van der Waals surface area contributed by atoms with E-state index in [9.17, 15) is 9.90 Å². The first kappa shape index (κ1) is 15.0. The molecule has 2 rings (SSSR count). The molecule has 0 spiro atoms. The first-order valence-corrected chi connectivity index (χ1v) is 7.04. The molecular formula is C16H23NO3. The highest BCUT2D eigenvalue weighted by Gasteiger charge is 2.32.